The minimum absolute atomic E-state index is 0.648. The minimum Gasteiger partial charge on any atom is -0.492 e. The highest BCUT2D eigenvalue weighted by atomic mass is 16.5. The average Bonchev–Trinajstić information content (AvgIpc) is 2.93. The number of aryl methyl sites for hydroxylation is 1. The molecule has 0 saturated heterocycles. The fourth-order valence-electron chi connectivity index (χ4n) is 2.03. The van der Waals surface area contributed by atoms with E-state index in [9.17, 15) is 5.11 Å². The Kier molecular flexibility index (Phi) is 5.12. The van der Waals surface area contributed by atoms with Crippen molar-refractivity contribution in [2.75, 3.05) is 6.61 Å². The van der Waals surface area contributed by atoms with Gasteiger partial charge >= 0.3 is 0 Å². The van der Waals surface area contributed by atoms with Gasteiger partial charge in [-0.1, -0.05) is 13.8 Å². The molecule has 2 aromatic heterocycles. The lowest BCUT2D eigenvalue weighted by Crippen LogP contribution is -2.10. The Balaban J connectivity index is 2.19. The maximum Gasteiger partial charge on any atom is 0.137 e. The van der Waals surface area contributed by atoms with E-state index in [0.717, 1.165) is 30.6 Å². The largest absolute Gasteiger partial charge is 0.492 e. The van der Waals surface area contributed by atoms with Gasteiger partial charge in [0.2, 0.25) is 0 Å². The third-order valence-corrected chi connectivity index (χ3v) is 2.99. The summed E-state index contributed by atoms with van der Waals surface area (Å²) in [7, 11) is 0. The van der Waals surface area contributed by atoms with Gasteiger partial charge in [-0.05, 0) is 25.0 Å². The number of pyridine rings is 1. The first-order valence-corrected chi connectivity index (χ1v) is 7.03. The predicted molar refractivity (Wildman–Crippen MR) is 76.6 cm³/mol. The standard InChI is InChI=1S/C15H21N3O2/c1-3-7-18-14(5-6-17-18)15(19)12-9-13(11-16-10-12)20-8-4-2/h5-6,9-11,15,19H,3-4,7-8H2,1-2H3. The van der Waals surface area contributed by atoms with Crippen LogP contribution in [0.2, 0.25) is 0 Å². The quantitative estimate of drug-likeness (QED) is 0.843. The lowest BCUT2D eigenvalue weighted by Gasteiger charge is -2.14. The Labute approximate surface area is 119 Å². The van der Waals surface area contributed by atoms with Crippen LogP contribution in [0.15, 0.2) is 30.7 Å². The first-order valence-electron chi connectivity index (χ1n) is 7.03. The summed E-state index contributed by atoms with van der Waals surface area (Å²) in [6.45, 7) is 5.57. The molecule has 1 N–H and O–H groups in total. The number of aromatic nitrogens is 3. The SMILES string of the molecule is CCCOc1cncc(C(O)c2ccnn2CCC)c1. The molecule has 0 radical (unpaired) electrons. The lowest BCUT2D eigenvalue weighted by atomic mass is 10.1. The van der Waals surface area contributed by atoms with E-state index in [4.69, 9.17) is 4.74 Å². The zero-order chi connectivity index (χ0) is 14.4. The molecule has 0 saturated carbocycles. The second-order valence-electron chi connectivity index (χ2n) is 4.68. The second-order valence-corrected chi connectivity index (χ2v) is 4.68. The van der Waals surface area contributed by atoms with Gasteiger partial charge in [-0.25, -0.2) is 0 Å². The van der Waals surface area contributed by atoms with E-state index in [0.29, 0.717) is 12.4 Å². The fourth-order valence-corrected chi connectivity index (χ4v) is 2.03. The molecule has 0 amide bonds. The van der Waals surface area contributed by atoms with Crippen molar-refractivity contribution in [2.45, 2.75) is 39.3 Å². The lowest BCUT2D eigenvalue weighted by molar-refractivity contribution is 0.206. The zero-order valence-electron chi connectivity index (χ0n) is 12.0. The van der Waals surface area contributed by atoms with Crippen molar-refractivity contribution in [3.05, 3.63) is 42.0 Å². The number of rotatable bonds is 7. The summed E-state index contributed by atoms with van der Waals surface area (Å²) < 4.78 is 7.37. The molecule has 0 spiro atoms. The van der Waals surface area contributed by atoms with Crippen LogP contribution in [0.3, 0.4) is 0 Å². The molecular weight excluding hydrogens is 254 g/mol. The summed E-state index contributed by atoms with van der Waals surface area (Å²) in [4.78, 5) is 4.13. The topological polar surface area (TPSA) is 60.2 Å². The second kappa shape index (κ2) is 7.05. The number of aliphatic hydroxyl groups excluding tert-OH is 1. The molecule has 0 aliphatic heterocycles. The molecule has 0 aromatic carbocycles. The summed E-state index contributed by atoms with van der Waals surface area (Å²) >= 11 is 0. The summed E-state index contributed by atoms with van der Waals surface area (Å²) in [5.74, 6) is 0.685. The highest BCUT2D eigenvalue weighted by Crippen LogP contribution is 2.24. The summed E-state index contributed by atoms with van der Waals surface area (Å²) in [5, 5.41) is 14.7. The molecule has 2 aromatic rings. The third kappa shape index (κ3) is 3.36. The van der Waals surface area contributed by atoms with Crippen molar-refractivity contribution >= 4 is 0 Å². The van der Waals surface area contributed by atoms with E-state index >= 15 is 0 Å². The van der Waals surface area contributed by atoms with Gasteiger partial charge in [-0.15, -0.1) is 0 Å². The van der Waals surface area contributed by atoms with Crippen molar-refractivity contribution in [1.29, 1.82) is 0 Å². The van der Waals surface area contributed by atoms with Crippen molar-refractivity contribution < 1.29 is 9.84 Å². The van der Waals surface area contributed by atoms with Gasteiger partial charge in [0.25, 0.3) is 0 Å². The highest BCUT2D eigenvalue weighted by molar-refractivity contribution is 5.29. The Morgan fingerprint density at radius 1 is 1.30 bits per heavy atom. The van der Waals surface area contributed by atoms with E-state index in [1.165, 1.54) is 0 Å². The van der Waals surface area contributed by atoms with Crippen LogP contribution in [-0.4, -0.2) is 26.5 Å². The van der Waals surface area contributed by atoms with E-state index in [-0.39, 0.29) is 0 Å². The molecule has 5 nitrogen and oxygen atoms in total. The molecule has 0 aliphatic rings. The minimum atomic E-state index is -0.735. The molecule has 0 bridgehead atoms. The molecule has 5 heteroatoms. The maximum atomic E-state index is 10.5. The van der Waals surface area contributed by atoms with Gasteiger partial charge in [-0.2, -0.15) is 5.10 Å². The van der Waals surface area contributed by atoms with E-state index in [1.807, 2.05) is 16.8 Å². The van der Waals surface area contributed by atoms with Crippen molar-refractivity contribution in [2.24, 2.45) is 0 Å². The van der Waals surface area contributed by atoms with Gasteiger partial charge in [0.1, 0.15) is 11.9 Å². The van der Waals surface area contributed by atoms with Crippen molar-refractivity contribution in [3.8, 4) is 5.75 Å². The summed E-state index contributed by atoms with van der Waals surface area (Å²) in [6, 6.07) is 3.66. The molecular formula is C15H21N3O2. The number of hydrogen-bond donors (Lipinski definition) is 1. The number of hydrogen-bond acceptors (Lipinski definition) is 4. The van der Waals surface area contributed by atoms with Crippen molar-refractivity contribution in [3.63, 3.8) is 0 Å². The molecule has 1 atom stereocenters. The molecule has 2 heterocycles. The van der Waals surface area contributed by atoms with Crippen LogP contribution in [0.1, 0.15) is 44.1 Å². The molecule has 1 unspecified atom stereocenters. The van der Waals surface area contributed by atoms with Crippen LogP contribution in [0.5, 0.6) is 5.75 Å². The van der Waals surface area contributed by atoms with Crippen molar-refractivity contribution in [1.82, 2.24) is 14.8 Å². The predicted octanol–water partition coefficient (Wildman–Crippen LogP) is 2.56. The van der Waals surface area contributed by atoms with Crippen LogP contribution < -0.4 is 4.74 Å². The Morgan fingerprint density at radius 3 is 2.90 bits per heavy atom. The third-order valence-electron chi connectivity index (χ3n) is 2.99. The number of ether oxygens (including phenoxy) is 1. The van der Waals surface area contributed by atoms with Gasteiger partial charge in [0.05, 0.1) is 18.5 Å². The average molecular weight is 275 g/mol. The fraction of sp³-hybridized carbons (Fsp3) is 0.467. The van der Waals surface area contributed by atoms with E-state index in [2.05, 4.69) is 23.9 Å². The van der Waals surface area contributed by atoms with Crippen LogP contribution in [-0.2, 0) is 6.54 Å². The number of aliphatic hydroxyl groups is 1. The smallest absolute Gasteiger partial charge is 0.137 e. The van der Waals surface area contributed by atoms with Crippen LogP contribution >= 0.6 is 0 Å². The highest BCUT2D eigenvalue weighted by Gasteiger charge is 2.16. The Hall–Kier alpha value is -1.88. The molecule has 2 rings (SSSR count). The van der Waals surface area contributed by atoms with Gasteiger partial charge in [-0.3, -0.25) is 9.67 Å². The van der Waals surface area contributed by atoms with Crippen LogP contribution in [0.25, 0.3) is 0 Å². The maximum absolute atomic E-state index is 10.5. The Bertz CT molecular complexity index is 539. The Morgan fingerprint density at radius 2 is 2.15 bits per heavy atom. The van der Waals surface area contributed by atoms with E-state index < -0.39 is 6.10 Å². The van der Waals surface area contributed by atoms with Crippen LogP contribution in [0, 0.1) is 0 Å². The molecule has 108 valence electrons. The van der Waals surface area contributed by atoms with E-state index in [1.54, 1.807) is 18.6 Å². The van der Waals surface area contributed by atoms with Crippen LogP contribution in [0.4, 0.5) is 0 Å². The van der Waals surface area contributed by atoms with Gasteiger partial charge in [0, 0.05) is 24.5 Å². The monoisotopic (exact) mass is 275 g/mol. The zero-order valence-corrected chi connectivity index (χ0v) is 12.0. The molecule has 0 aliphatic carbocycles. The molecule has 20 heavy (non-hydrogen) atoms. The van der Waals surface area contributed by atoms with Gasteiger partial charge in [0.15, 0.2) is 0 Å². The first-order chi connectivity index (χ1) is 9.76. The summed E-state index contributed by atoms with van der Waals surface area (Å²) in [6.07, 6.45) is 6.21. The summed E-state index contributed by atoms with van der Waals surface area (Å²) in [5.41, 5.74) is 1.50. The normalized spacial score (nSPS) is 12.3. The first kappa shape index (κ1) is 14.5. The number of nitrogens with zero attached hydrogens (tertiary/aromatic N) is 3. The van der Waals surface area contributed by atoms with Gasteiger partial charge < -0.3 is 9.84 Å². The molecule has 0 fully saturated rings.